The highest BCUT2D eigenvalue weighted by atomic mass is 16.5. The Hall–Kier alpha value is -2.66. The third-order valence-electron chi connectivity index (χ3n) is 4.16. The lowest BCUT2D eigenvalue weighted by Gasteiger charge is -2.33. The van der Waals surface area contributed by atoms with E-state index in [1.807, 2.05) is 23.1 Å². The molecule has 0 radical (unpaired) electrons. The molecule has 3 rings (SSSR count). The minimum atomic E-state index is -0.154. The van der Waals surface area contributed by atoms with Crippen molar-refractivity contribution in [3.05, 3.63) is 65.7 Å². The number of morpholine rings is 1. The van der Waals surface area contributed by atoms with Crippen molar-refractivity contribution in [2.45, 2.75) is 19.4 Å². The van der Waals surface area contributed by atoms with Crippen LogP contribution in [0.5, 0.6) is 0 Å². The largest absolute Gasteiger partial charge is 0.374 e. The molecule has 130 valence electrons. The number of hydrogen-bond acceptors (Lipinski definition) is 3. The topological polar surface area (TPSA) is 58.6 Å². The summed E-state index contributed by atoms with van der Waals surface area (Å²) in [5, 5.41) is 2.71. The lowest BCUT2D eigenvalue weighted by atomic mass is 10.1. The van der Waals surface area contributed by atoms with Crippen LogP contribution in [0.2, 0.25) is 0 Å². The Morgan fingerprint density at radius 1 is 1.16 bits per heavy atom. The van der Waals surface area contributed by atoms with Crippen LogP contribution in [0.25, 0.3) is 0 Å². The maximum Gasteiger partial charge on any atom is 0.254 e. The van der Waals surface area contributed by atoms with Crippen molar-refractivity contribution in [1.29, 1.82) is 0 Å². The third-order valence-corrected chi connectivity index (χ3v) is 4.16. The number of nitrogens with one attached hydrogen (secondary N) is 1. The number of hydrogen-bond donors (Lipinski definition) is 1. The lowest BCUT2D eigenvalue weighted by molar-refractivity contribution is -0.114. The Bertz CT molecular complexity index is 746. The first-order chi connectivity index (χ1) is 12.1. The van der Waals surface area contributed by atoms with Gasteiger partial charge >= 0.3 is 0 Å². The summed E-state index contributed by atoms with van der Waals surface area (Å²) in [5.41, 5.74) is 2.41. The molecule has 1 aliphatic heterocycles. The maximum absolute atomic E-state index is 12.8. The molecule has 0 bridgehead atoms. The van der Waals surface area contributed by atoms with Crippen molar-refractivity contribution in [2.24, 2.45) is 0 Å². The Kier molecular flexibility index (Phi) is 5.46. The van der Waals surface area contributed by atoms with E-state index in [-0.39, 0.29) is 17.9 Å². The van der Waals surface area contributed by atoms with Crippen LogP contribution in [-0.4, -0.2) is 42.5 Å². The monoisotopic (exact) mass is 338 g/mol. The number of benzene rings is 2. The molecule has 1 saturated heterocycles. The summed E-state index contributed by atoms with van der Waals surface area (Å²) in [6.45, 7) is 3.13. The van der Waals surface area contributed by atoms with Gasteiger partial charge in [-0.1, -0.05) is 36.4 Å². The van der Waals surface area contributed by atoms with Gasteiger partial charge in [0.2, 0.25) is 5.91 Å². The highest BCUT2D eigenvalue weighted by Crippen LogP contribution is 2.17. The Morgan fingerprint density at radius 2 is 1.96 bits per heavy atom. The molecule has 5 heteroatoms. The molecule has 2 aromatic rings. The van der Waals surface area contributed by atoms with Crippen molar-refractivity contribution >= 4 is 17.5 Å². The molecule has 1 aliphatic rings. The average Bonchev–Trinajstić information content (AvgIpc) is 2.62. The van der Waals surface area contributed by atoms with E-state index < -0.39 is 0 Å². The second-order valence-corrected chi connectivity index (χ2v) is 6.20. The quantitative estimate of drug-likeness (QED) is 0.932. The molecule has 1 N–H and O–H groups in total. The van der Waals surface area contributed by atoms with Gasteiger partial charge in [0, 0.05) is 37.7 Å². The van der Waals surface area contributed by atoms with Gasteiger partial charge in [-0.25, -0.2) is 0 Å². The van der Waals surface area contributed by atoms with Gasteiger partial charge in [-0.15, -0.1) is 0 Å². The van der Waals surface area contributed by atoms with Crippen molar-refractivity contribution in [3.63, 3.8) is 0 Å². The second-order valence-electron chi connectivity index (χ2n) is 6.20. The highest BCUT2D eigenvalue weighted by molar-refractivity contribution is 5.96. The van der Waals surface area contributed by atoms with Gasteiger partial charge in [-0.2, -0.15) is 0 Å². The summed E-state index contributed by atoms with van der Waals surface area (Å²) in [5.74, 6) is -0.188. The molecule has 2 aromatic carbocycles. The predicted octanol–water partition coefficient (Wildman–Crippen LogP) is 2.73. The van der Waals surface area contributed by atoms with Gasteiger partial charge in [0.1, 0.15) is 0 Å². The summed E-state index contributed by atoms with van der Waals surface area (Å²) in [4.78, 5) is 25.8. The summed E-state index contributed by atoms with van der Waals surface area (Å²) in [6.07, 6.45) is 0.787. The van der Waals surface area contributed by atoms with Crippen LogP contribution in [0, 0.1) is 0 Å². The van der Waals surface area contributed by atoms with Gasteiger partial charge in [0.15, 0.2) is 0 Å². The van der Waals surface area contributed by atoms with Gasteiger partial charge in [-0.05, 0) is 23.8 Å². The molecule has 1 fully saturated rings. The van der Waals surface area contributed by atoms with Crippen LogP contribution in [-0.2, 0) is 16.0 Å². The highest BCUT2D eigenvalue weighted by Gasteiger charge is 2.25. The number of anilines is 1. The fourth-order valence-corrected chi connectivity index (χ4v) is 3.02. The fraction of sp³-hybridized carbons (Fsp3) is 0.300. The van der Waals surface area contributed by atoms with Crippen molar-refractivity contribution in [3.8, 4) is 0 Å². The van der Waals surface area contributed by atoms with Crippen LogP contribution >= 0.6 is 0 Å². The van der Waals surface area contributed by atoms with Crippen LogP contribution in [0.3, 0.4) is 0 Å². The molecule has 25 heavy (non-hydrogen) atoms. The van der Waals surface area contributed by atoms with Crippen molar-refractivity contribution in [2.75, 3.05) is 25.0 Å². The van der Waals surface area contributed by atoms with Crippen molar-refractivity contribution in [1.82, 2.24) is 4.90 Å². The van der Waals surface area contributed by atoms with E-state index in [0.717, 1.165) is 6.42 Å². The summed E-state index contributed by atoms with van der Waals surface area (Å²) < 4.78 is 5.82. The first-order valence-corrected chi connectivity index (χ1v) is 8.44. The SMILES string of the molecule is CC(=O)Nc1cccc(C(=O)N2CCOC(Cc3ccccc3)C2)c1. The predicted molar refractivity (Wildman–Crippen MR) is 96.5 cm³/mol. The smallest absolute Gasteiger partial charge is 0.254 e. The molecular weight excluding hydrogens is 316 g/mol. The third kappa shape index (κ3) is 4.67. The first-order valence-electron chi connectivity index (χ1n) is 8.44. The summed E-state index contributed by atoms with van der Waals surface area (Å²) >= 11 is 0. The van der Waals surface area contributed by atoms with Crippen LogP contribution in [0.4, 0.5) is 5.69 Å². The molecular formula is C20H22N2O3. The molecule has 5 nitrogen and oxygen atoms in total. The minimum absolute atomic E-state index is 0.00127. The molecule has 0 aliphatic carbocycles. The van der Waals surface area contributed by atoms with E-state index >= 15 is 0 Å². The maximum atomic E-state index is 12.8. The molecule has 1 atom stereocenters. The van der Waals surface area contributed by atoms with Crippen LogP contribution in [0.15, 0.2) is 54.6 Å². The molecule has 0 aromatic heterocycles. The minimum Gasteiger partial charge on any atom is -0.374 e. The molecule has 0 saturated carbocycles. The van der Waals surface area contributed by atoms with E-state index in [1.165, 1.54) is 12.5 Å². The number of carbonyl (C=O) groups is 2. The summed E-state index contributed by atoms with van der Waals surface area (Å²) in [7, 11) is 0. The number of nitrogens with zero attached hydrogens (tertiary/aromatic N) is 1. The number of rotatable bonds is 4. The Morgan fingerprint density at radius 3 is 2.72 bits per heavy atom. The zero-order valence-corrected chi connectivity index (χ0v) is 14.3. The standard InChI is InChI=1S/C20H22N2O3/c1-15(23)21-18-9-5-8-17(13-18)20(24)22-10-11-25-19(14-22)12-16-6-3-2-4-7-16/h2-9,13,19H,10-12,14H2,1H3,(H,21,23). The van der Waals surface area contributed by atoms with Gasteiger partial charge in [0.05, 0.1) is 12.7 Å². The number of carbonyl (C=O) groups excluding carboxylic acids is 2. The molecule has 1 heterocycles. The average molecular weight is 338 g/mol. The van der Waals surface area contributed by atoms with E-state index in [2.05, 4.69) is 17.4 Å². The summed E-state index contributed by atoms with van der Waals surface area (Å²) in [6, 6.07) is 17.2. The number of amides is 2. The number of ether oxygens (including phenoxy) is 1. The van der Waals surface area contributed by atoms with E-state index in [4.69, 9.17) is 4.74 Å². The Labute approximate surface area is 147 Å². The molecule has 2 amide bonds. The van der Waals surface area contributed by atoms with E-state index in [1.54, 1.807) is 24.3 Å². The lowest BCUT2D eigenvalue weighted by Crippen LogP contribution is -2.46. The van der Waals surface area contributed by atoms with Crippen LogP contribution < -0.4 is 5.32 Å². The normalized spacial score (nSPS) is 17.2. The van der Waals surface area contributed by atoms with Crippen molar-refractivity contribution < 1.29 is 14.3 Å². The van der Waals surface area contributed by atoms with Crippen LogP contribution in [0.1, 0.15) is 22.8 Å². The molecule has 1 unspecified atom stereocenters. The van der Waals surface area contributed by atoms with E-state index in [0.29, 0.717) is 30.9 Å². The second kappa shape index (κ2) is 7.94. The van der Waals surface area contributed by atoms with Gasteiger partial charge in [-0.3, -0.25) is 9.59 Å². The zero-order valence-electron chi connectivity index (χ0n) is 14.3. The van der Waals surface area contributed by atoms with Gasteiger partial charge in [0.25, 0.3) is 5.91 Å². The zero-order chi connectivity index (χ0) is 17.6. The van der Waals surface area contributed by atoms with E-state index in [9.17, 15) is 9.59 Å². The molecule has 0 spiro atoms. The Balaban J connectivity index is 1.66. The fourth-order valence-electron chi connectivity index (χ4n) is 3.02. The first kappa shape index (κ1) is 17.2. The van der Waals surface area contributed by atoms with Gasteiger partial charge < -0.3 is 15.0 Å².